The second-order valence-corrected chi connectivity index (χ2v) is 12.0. The maximum absolute atomic E-state index is 6.25. The highest BCUT2D eigenvalue weighted by atomic mass is 31.2. The average Bonchev–Trinajstić information content (AvgIpc) is 2.88. The van der Waals surface area contributed by atoms with Crippen LogP contribution in [0, 0.1) is 0 Å². The molecule has 4 aromatic carbocycles. The van der Waals surface area contributed by atoms with Crippen LogP contribution in [0.2, 0.25) is 0 Å². The number of benzene rings is 4. The van der Waals surface area contributed by atoms with Crippen molar-refractivity contribution in [1.82, 2.24) is 4.90 Å². The molecular weight excluding hydrogens is 421 g/mol. The van der Waals surface area contributed by atoms with Crippen LogP contribution < -0.4 is 15.9 Å². The van der Waals surface area contributed by atoms with E-state index in [0.717, 1.165) is 32.5 Å². The van der Waals surface area contributed by atoms with Crippen LogP contribution in [-0.4, -0.2) is 37.9 Å². The minimum absolute atomic E-state index is 0.738. The molecule has 0 unspecified atom stereocenters. The average molecular weight is 455 g/mol. The molecule has 33 heavy (non-hydrogen) atoms. The Balaban J connectivity index is 1.49. The Labute approximate surface area is 199 Å². The topological polar surface area (TPSA) is 12.5 Å². The largest absolute Gasteiger partial charge is 0.376 e. The smallest absolute Gasteiger partial charge is 0.114 e. The number of hydrogen-bond acceptors (Lipinski definition) is 2. The molecule has 0 radical (unpaired) electrons. The van der Waals surface area contributed by atoms with Gasteiger partial charge in [0.15, 0.2) is 0 Å². The maximum atomic E-state index is 6.25. The summed E-state index contributed by atoms with van der Waals surface area (Å²) < 4.78 is 6.25. The molecule has 0 heterocycles. The Morgan fingerprint density at radius 1 is 0.576 bits per heavy atom. The summed E-state index contributed by atoms with van der Waals surface area (Å²) in [5.74, 6) is 0. The van der Waals surface area contributed by atoms with Crippen molar-refractivity contribution >= 4 is 23.2 Å². The van der Waals surface area contributed by atoms with E-state index in [1.54, 1.807) is 0 Å². The number of nitrogens with zero attached hydrogens (tertiary/aromatic N) is 1. The van der Waals surface area contributed by atoms with Gasteiger partial charge in [-0.25, -0.2) is 0 Å². The molecule has 0 fully saturated rings. The van der Waals surface area contributed by atoms with Gasteiger partial charge in [-0.3, -0.25) is 4.90 Å². The summed E-state index contributed by atoms with van der Waals surface area (Å²) >= 11 is 0. The van der Waals surface area contributed by atoms with Crippen molar-refractivity contribution in [2.45, 2.75) is 6.54 Å². The molecule has 4 aromatic rings. The molecule has 0 N–H and O–H groups in total. The second-order valence-electron chi connectivity index (χ2n) is 8.38. The van der Waals surface area contributed by atoms with Gasteiger partial charge in [0.05, 0.1) is 19.4 Å². The molecule has 3 heteroatoms. The zero-order chi connectivity index (χ0) is 22.8. The minimum atomic E-state index is -1.81. The highest BCUT2D eigenvalue weighted by Crippen LogP contribution is 2.54. The van der Waals surface area contributed by atoms with Crippen LogP contribution in [0.3, 0.4) is 0 Å². The van der Waals surface area contributed by atoms with Crippen molar-refractivity contribution < 1.29 is 4.74 Å². The molecule has 0 aliphatic rings. The molecule has 0 aliphatic heterocycles. The molecular formula is C30H33NOP+. The SMILES string of the molecule is CN(CCOCC[P+](c1ccccc1)(c1ccccc1)c1ccccc1)Cc1ccccc1. The van der Waals surface area contributed by atoms with Crippen LogP contribution >= 0.6 is 7.26 Å². The summed E-state index contributed by atoms with van der Waals surface area (Å²) in [5, 5.41) is 4.23. The van der Waals surface area contributed by atoms with Gasteiger partial charge >= 0.3 is 0 Å². The van der Waals surface area contributed by atoms with Crippen LogP contribution in [0.1, 0.15) is 5.56 Å². The fourth-order valence-corrected chi connectivity index (χ4v) is 8.50. The van der Waals surface area contributed by atoms with E-state index >= 15 is 0 Å². The van der Waals surface area contributed by atoms with Crippen LogP contribution in [0.25, 0.3) is 0 Å². The first-order chi connectivity index (χ1) is 16.3. The van der Waals surface area contributed by atoms with Gasteiger partial charge in [-0.2, -0.15) is 0 Å². The zero-order valence-electron chi connectivity index (χ0n) is 19.4. The van der Waals surface area contributed by atoms with Crippen molar-refractivity contribution in [2.24, 2.45) is 0 Å². The van der Waals surface area contributed by atoms with Crippen molar-refractivity contribution in [1.29, 1.82) is 0 Å². The second kappa shape index (κ2) is 11.9. The van der Waals surface area contributed by atoms with Gasteiger partial charge in [0.25, 0.3) is 0 Å². The first-order valence-corrected chi connectivity index (χ1v) is 13.6. The number of rotatable bonds is 11. The van der Waals surface area contributed by atoms with Crippen LogP contribution in [0.15, 0.2) is 121 Å². The Morgan fingerprint density at radius 2 is 1.00 bits per heavy atom. The third-order valence-corrected chi connectivity index (χ3v) is 10.5. The molecule has 0 aromatic heterocycles. The minimum Gasteiger partial charge on any atom is -0.376 e. The molecule has 0 atom stereocenters. The third kappa shape index (κ3) is 5.97. The zero-order valence-corrected chi connectivity index (χ0v) is 20.3. The van der Waals surface area contributed by atoms with Crippen LogP contribution in [-0.2, 0) is 11.3 Å². The highest BCUT2D eigenvalue weighted by Gasteiger charge is 2.44. The molecule has 4 rings (SSSR count). The van der Waals surface area contributed by atoms with Gasteiger partial charge in [0.1, 0.15) is 23.2 Å². The molecule has 168 valence electrons. The van der Waals surface area contributed by atoms with E-state index < -0.39 is 7.26 Å². The lowest BCUT2D eigenvalue weighted by Gasteiger charge is -2.27. The lowest BCUT2D eigenvalue weighted by Crippen LogP contribution is -2.35. The summed E-state index contributed by atoms with van der Waals surface area (Å²) in [6, 6.07) is 43.7. The van der Waals surface area contributed by atoms with Crippen LogP contribution in [0.5, 0.6) is 0 Å². The monoisotopic (exact) mass is 454 g/mol. The van der Waals surface area contributed by atoms with Gasteiger partial charge in [0, 0.05) is 13.1 Å². The molecule has 2 nitrogen and oxygen atoms in total. The van der Waals surface area contributed by atoms with Gasteiger partial charge < -0.3 is 4.74 Å². The highest BCUT2D eigenvalue weighted by molar-refractivity contribution is 7.95. The lowest BCUT2D eigenvalue weighted by atomic mass is 10.2. The molecule has 0 saturated heterocycles. The molecule has 0 saturated carbocycles. The summed E-state index contributed by atoms with van der Waals surface area (Å²) in [7, 11) is 0.348. The first-order valence-electron chi connectivity index (χ1n) is 11.6. The summed E-state index contributed by atoms with van der Waals surface area (Å²) in [6.07, 6.45) is 0.993. The molecule has 0 aliphatic carbocycles. The predicted molar refractivity (Wildman–Crippen MR) is 144 cm³/mol. The van der Waals surface area contributed by atoms with Crippen LogP contribution in [0.4, 0.5) is 0 Å². The first kappa shape index (κ1) is 23.4. The summed E-state index contributed by atoms with van der Waals surface area (Å²) in [6.45, 7) is 3.34. The van der Waals surface area contributed by atoms with Crippen molar-refractivity contribution in [2.75, 3.05) is 33.0 Å². The standard InChI is InChI=1S/C30H33NOP/c1-31(26-27-14-6-2-7-15-27)22-23-32-24-25-33(28-16-8-3-9-17-28,29-18-10-4-11-19-29)30-20-12-5-13-21-30/h2-21H,22-26H2,1H3/q+1. The Kier molecular flexibility index (Phi) is 8.44. The van der Waals surface area contributed by atoms with Crippen molar-refractivity contribution in [3.8, 4) is 0 Å². The van der Waals surface area contributed by atoms with Gasteiger partial charge in [-0.05, 0) is 49.0 Å². The van der Waals surface area contributed by atoms with E-state index in [2.05, 4.69) is 133 Å². The van der Waals surface area contributed by atoms with Crippen molar-refractivity contribution in [3.05, 3.63) is 127 Å². The lowest BCUT2D eigenvalue weighted by molar-refractivity contribution is 0.122. The Hall–Kier alpha value is -2.77. The maximum Gasteiger partial charge on any atom is 0.114 e. The molecule has 0 amide bonds. The number of hydrogen-bond donors (Lipinski definition) is 0. The van der Waals surface area contributed by atoms with Crippen molar-refractivity contribution in [3.63, 3.8) is 0 Å². The van der Waals surface area contributed by atoms with Gasteiger partial charge in [-0.1, -0.05) is 84.9 Å². The fraction of sp³-hybridized carbons (Fsp3) is 0.200. The summed E-state index contributed by atoms with van der Waals surface area (Å²) in [5.41, 5.74) is 1.34. The van der Waals surface area contributed by atoms with Gasteiger partial charge in [0.2, 0.25) is 0 Å². The molecule has 0 spiro atoms. The predicted octanol–water partition coefficient (Wildman–Crippen LogP) is 5.13. The Bertz CT molecular complexity index is 975. The van der Waals surface area contributed by atoms with E-state index in [0.29, 0.717) is 0 Å². The van der Waals surface area contributed by atoms with E-state index in [1.807, 2.05) is 0 Å². The third-order valence-electron chi connectivity index (χ3n) is 6.07. The quantitative estimate of drug-likeness (QED) is 0.230. The van der Waals surface area contributed by atoms with E-state index in [-0.39, 0.29) is 0 Å². The van der Waals surface area contributed by atoms with E-state index in [1.165, 1.54) is 21.5 Å². The van der Waals surface area contributed by atoms with E-state index in [9.17, 15) is 0 Å². The molecule has 0 bridgehead atoms. The van der Waals surface area contributed by atoms with Gasteiger partial charge in [-0.15, -0.1) is 0 Å². The fourth-order valence-electron chi connectivity index (χ4n) is 4.38. The van der Waals surface area contributed by atoms with E-state index in [4.69, 9.17) is 4.74 Å². The normalized spacial score (nSPS) is 11.6. The number of likely N-dealkylation sites (N-methyl/N-ethyl adjacent to an activating group) is 1. The Morgan fingerprint density at radius 3 is 1.45 bits per heavy atom. The summed E-state index contributed by atoms with van der Waals surface area (Å²) in [4.78, 5) is 2.32. The number of ether oxygens (including phenoxy) is 1.